The Bertz CT molecular complexity index is 287. The maximum atomic E-state index is 10.7. The van der Waals surface area contributed by atoms with Crippen LogP contribution in [0.3, 0.4) is 0 Å². The second-order valence-corrected chi connectivity index (χ2v) is 2.76. The molecule has 0 saturated heterocycles. The topological polar surface area (TPSA) is 26.3 Å². The van der Waals surface area contributed by atoms with Gasteiger partial charge in [-0.05, 0) is 18.2 Å². The van der Waals surface area contributed by atoms with E-state index in [0.717, 1.165) is 10.9 Å². The molecular weight excluding hydrogens is 172 g/mol. The largest absolute Gasteiger partial charge is 0.424 e. The van der Waals surface area contributed by atoms with Gasteiger partial charge in [-0.25, -0.2) is 4.79 Å². The van der Waals surface area contributed by atoms with Crippen molar-refractivity contribution in [3.8, 4) is 0 Å². The summed E-state index contributed by atoms with van der Waals surface area (Å²) in [5.74, 6) is 0.0900. The summed E-state index contributed by atoms with van der Waals surface area (Å²) in [5, 5.41) is 0. The first-order valence-electron chi connectivity index (χ1n) is 3.47. The van der Waals surface area contributed by atoms with Crippen LogP contribution in [-0.2, 0) is 9.53 Å². The molecule has 3 heteroatoms. The smallest absolute Gasteiger partial charge is 0.335 e. The molecule has 0 aromatic heterocycles. The Balaban J connectivity index is 2.56. The van der Waals surface area contributed by atoms with E-state index in [0.29, 0.717) is 12.2 Å². The number of carbonyl (C=O) groups is 1. The van der Waals surface area contributed by atoms with Crippen LogP contribution < -0.4 is 0 Å². The van der Waals surface area contributed by atoms with Crippen LogP contribution in [-0.4, -0.2) is 10.8 Å². The van der Waals surface area contributed by atoms with Gasteiger partial charge in [0.2, 0.25) is 0 Å². The maximum absolute atomic E-state index is 10.7. The molecule has 0 aliphatic heterocycles. The van der Waals surface area contributed by atoms with Crippen molar-refractivity contribution in [3.05, 3.63) is 36.6 Å². The second kappa shape index (κ2) is 3.97. The normalized spacial score (nSPS) is 15.3. The lowest BCUT2D eigenvalue weighted by molar-refractivity contribution is -0.133. The van der Waals surface area contributed by atoms with Gasteiger partial charge >= 0.3 is 5.97 Å². The van der Waals surface area contributed by atoms with Crippen LogP contribution in [0.15, 0.2) is 36.6 Å². The highest BCUT2D eigenvalue weighted by molar-refractivity contribution is 7.80. The zero-order valence-electron chi connectivity index (χ0n) is 6.45. The Morgan fingerprint density at radius 3 is 2.92 bits per heavy atom. The molecular formula is C9H8O2S. The standard InChI is InChI=1S/C9H8O2S/c1-2-9(10)11-7-3-5-8(12)6-4-7/h2-5H,1,6H2. The van der Waals surface area contributed by atoms with E-state index < -0.39 is 5.97 Å². The molecule has 12 heavy (non-hydrogen) atoms. The fraction of sp³-hybridized carbons (Fsp3) is 0.111. The van der Waals surface area contributed by atoms with E-state index in [1.54, 1.807) is 18.2 Å². The molecule has 0 aromatic rings. The summed E-state index contributed by atoms with van der Waals surface area (Å²) in [4.78, 5) is 11.6. The molecule has 0 unspecified atom stereocenters. The van der Waals surface area contributed by atoms with Crippen LogP contribution in [0.4, 0.5) is 0 Å². The van der Waals surface area contributed by atoms with Crippen molar-refractivity contribution < 1.29 is 9.53 Å². The fourth-order valence-electron chi connectivity index (χ4n) is 0.746. The predicted molar refractivity (Wildman–Crippen MR) is 50.7 cm³/mol. The zero-order valence-corrected chi connectivity index (χ0v) is 7.26. The minimum Gasteiger partial charge on any atom is -0.424 e. The number of hydrogen-bond acceptors (Lipinski definition) is 3. The van der Waals surface area contributed by atoms with Crippen molar-refractivity contribution >= 4 is 23.1 Å². The second-order valence-electron chi connectivity index (χ2n) is 2.24. The molecule has 0 spiro atoms. The van der Waals surface area contributed by atoms with E-state index in [9.17, 15) is 4.79 Å². The average Bonchev–Trinajstić information content (AvgIpc) is 2.09. The maximum Gasteiger partial charge on any atom is 0.335 e. The molecule has 0 heterocycles. The van der Waals surface area contributed by atoms with Crippen molar-refractivity contribution in [1.82, 2.24) is 0 Å². The van der Waals surface area contributed by atoms with Gasteiger partial charge in [0.1, 0.15) is 5.76 Å². The molecule has 0 radical (unpaired) electrons. The summed E-state index contributed by atoms with van der Waals surface area (Å²) < 4.78 is 4.85. The Kier molecular flexibility index (Phi) is 2.94. The highest BCUT2D eigenvalue weighted by Gasteiger charge is 2.04. The molecule has 0 bridgehead atoms. The van der Waals surface area contributed by atoms with Crippen LogP contribution >= 0.6 is 12.2 Å². The molecule has 0 N–H and O–H groups in total. The van der Waals surface area contributed by atoms with Crippen molar-refractivity contribution in [1.29, 1.82) is 0 Å². The molecule has 1 rings (SSSR count). The summed E-state index contributed by atoms with van der Waals surface area (Å²) in [5.41, 5.74) is 0. The predicted octanol–water partition coefficient (Wildman–Crippen LogP) is 1.93. The third-order valence-electron chi connectivity index (χ3n) is 1.32. The lowest BCUT2D eigenvalue weighted by atomic mass is 10.2. The molecule has 0 saturated carbocycles. The molecule has 0 fully saturated rings. The SMILES string of the molecule is C=CC(=O)OC1=CCC(=S)C=C1. The van der Waals surface area contributed by atoms with Crippen molar-refractivity contribution in [2.75, 3.05) is 0 Å². The fourth-order valence-corrected chi connectivity index (χ4v) is 0.897. The number of allylic oxidation sites excluding steroid dienone is 3. The van der Waals surface area contributed by atoms with E-state index in [-0.39, 0.29) is 0 Å². The van der Waals surface area contributed by atoms with Crippen LogP contribution in [0.5, 0.6) is 0 Å². The first kappa shape index (κ1) is 8.87. The van der Waals surface area contributed by atoms with Crippen LogP contribution in [0, 0.1) is 0 Å². The molecule has 0 amide bonds. The molecule has 62 valence electrons. The van der Waals surface area contributed by atoms with E-state index in [1.165, 1.54) is 0 Å². The van der Waals surface area contributed by atoms with Gasteiger partial charge in [0.25, 0.3) is 0 Å². The van der Waals surface area contributed by atoms with Gasteiger partial charge in [-0.15, -0.1) is 0 Å². The molecule has 0 atom stereocenters. The van der Waals surface area contributed by atoms with Gasteiger partial charge in [-0.1, -0.05) is 18.8 Å². The summed E-state index contributed by atoms with van der Waals surface area (Å²) in [7, 11) is 0. The van der Waals surface area contributed by atoms with Gasteiger partial charge in [0.15, 0.2) is 0 Å². The van der Waals surface area contributed by atoms with E-state index in [4.69, 9.17) is 17.0 Å². The number of rotatable bonds is 2. The average molecular weight is 180 g/mol. The zero-order chi connectivity index (χ0) is 8.97. The first-order chi connectivity index (χ1) is 5.72. The Labute approximate surface area is 76.2 Å². The Morgan fingerprint density at radius 1 is 1.67 bits per heavy atom. The monoisotopic (exact) mass is 180 g/mol. The highest BCUT2D eigenvalue weighted by Crippen LogP contribution is 2.09. The molecule has 2 nitrogen and oxygen atoms in total. The van der Waals surface area contributed by atoms with Crippen LogP contribution in [0.2, 0.25) is 0 Å². The Morgan fingerprint density at radius 2 is 2.42 bits per heavy atom. The Hall–Kier alpha value is -1.22. The van der Waals surface area contributed by atoms with Crippen molar-refractivity contribution in [3.63, 3.8) is 0 Å². The van der Waals surface area contributed by atoms with Crippen molar-refractivity contribution in [2.24, 2.45) is 0 Å². The summed E-state index contributed by atoms with van der Waals surface area (Å²) in [6.45, 7) is 3.29. The first-order valence-corrected chi connectivity index (χ1v) is 3.88. The van der Waals surface area contributed by atoms with Crippen LogP contribution in [0.25, 0.3) is 0 Å². The van der Waals surface area contributed by atoms with Crippen molar-refractivity contribution in [2.45, 2.75) is 6.42 Å². The molecule has 0 aromatic carbocycles. The number of thiocarbonyl (C=S) groups is 1. The van der Waals surface area contributed by atoms with E-state index in [2.05, 4.69) is 6.58 Å². The van der Waals surface area contributed by atoms with E-state index >= 15 is 0 Å². The minimum atomic E-state index is -0.446. The minimum absolute atomic E-state index is 0.446. The summed E-state index contributed by atoms with van der Waals surface area (Å²) in [6.07, 6.45) is 6.98. The van der Waals surface area contributed by atoms with Gasteiger partial charge < -0.3 is 4.74 Å². The lowest BCUT2D eigenvalue weighted by Crippen LogP contribution is -2.02. The van der Waals surface area contributed by atoms with Crippen LogP contribution in [0.1, 0.15) is 6.42 Å². The highest BCUT2D eigenvalue weighted by atomic mass is 32.1. The number of esters is 1. The molecule has 1 aliphatic carbocycles. The summed E-state index contributed by atoms with van der Waals surface area (Å²) in [6, 6.07) is 0. The number of ether oxygens (including phenoxy) is 1. The van der Waals surface area contributed by atoms with Gasteiger partial charge in [0, 0.05) is 17.4 Å². The number of hydrogen-bond donors (Lipinski definition) is 0. The van der Waals surface area contributed by atoms with Gasteiger partial charge in [-0.2, -0.15) is 0 Å². The third-order valence-corrected chi connectivity index (χ3v) is 1.63. The third kappa shape index (κ3) is 2.43. The van der Waals surface area contributed by atoms with Gasteiger partial charge in [-0.3, -0.25) is 0 Å². The number of carbonyl (C=O) groups excluding carboxylic acids is 1. The summed E-state index contributed by atoms with van der Waals surface area (Å²) >= 11 is 4.91. The van der Waals surface area contributed by atoms with Gasteiger partial charge in [0.05, 0.1) is 0 Å². The quantitative estimate of drug-likeness (QED) is 0.369. The lowest BCUT2D eigenvalue weighted by Gasteiger charge is -2.05. The van der Waals surface area contributed by atoms with E-state index in [1.807, 2.05) is 0 Å². The molecule has 1 aliphatic rings.